The van der Waals surface area contributed by atoms with Gasteiger partial charge in [-0.25, -0.2) is 24.9 Å². The van der Waals surface area contributed by atoms with Gasteiger partial charge in [0.1, 0.15) is 11.4 Å². The van der Waals surface area contributed by atoms with Crippen molar-refractivity contribution in [3.05, 3.63) is 188 Å². The van der Waals surface area contributed by atoms with E-state index in [4.69, 9.17) is 24.9 Å². The summed E-state index contributed by atoms with van der Waals surface area (Å²) in [6, 6.07) is 59.2. The molecule has 0 aliphatic heterocycles. The molecular weight excluding hydrogens is 687 g/mol. The quantitative estimate of drug-likeness (QED) is 0.162. The Balaban J connectivity index is 1.22. The normalized spacial score (nSPS) is 11.2. The van der Waals surface area contributed by atoms with Crippen molar-refractivity contribution in [3.63, 3.8) is 0 Å². The monoisotopic (exact) mass is 717 g/mol. The van der Waals surface area contributed by atoms with Crippen LogP contribution in [0.15, 0.2) is 188 Å². The van der Waals surface area contributed by atoms with Crippen molar-refractivity contribution in [2.24, 2.45) is 0 Å². The van der Waals surface area contributed by atoms with Gasteiger partial charge in [0, 0.05) is 39.9 Å². The minimum Gasteiger partial charge on any atom is -0.256 e. The zero-order valence-electron chi connectivity index (χ0n) is 30.0. The number of rotatable bonds is 7. The number of nitrogens with zero attached hydrogens (tertiary/aromatic N) is 7. The molecule has 7 nitrogen and oxygen atoms in total. The van der Waals surface area contributed by atoms with Crippen LogP contribution in [-0.4, -0.2) is 34.9 Å². The van der Waals surface area contributed by atoms with Crippen LogP contribution >= 0.6 is 0 Å². The van der Waals surface area contributed by atoms with Crippen molar-refractivity contribution in [3.8, 4) is 79.2 Å². The zero-order valence-corrected chi connectivity index (χ0v) is 30.0. The number of aromatic nitrogens is 7. The molecule has 10 aromatic rings. The lowest BCUT2D eigenvalue weighted by molar-refractivity contribution is 1.05. The molecular formula is C49H31N7. The van der Waals surface area contributed by atoms with Gasteiger partial charge in [0.25, 0.3) is 0 Å². The van der Waals surface area contributed by atoms with Crippen molar-refractivity contribution < 1.29 is 0 Å². The number of pyridine rings is 4. The highest BCUT2D eigenvalue weighted by Gasteiger charge is 2.18. The van der Waals surface area contributed by atoms with Gasteiger partial charge in [-0.15, -0.1) is 0 Å². The summed E-state index contributed by atoms with van der Waals surface area (Å²) < 4.78 is 0. The third-order valence-electron chi connectivity index (χ3n) is 9.84. The predicted molar refractivity (Wildman–Crippen MR) is 224 cm³/mol. The van der Waals surface area contributed by atoms with E-state index in [9.17, 15) is 0 Å². The molecule has 56 heavy (non-hydrogen) atoms. The Morgan fingerprint density at radius 2 is 0.679 bits per heavy atom. The SMILES string of the molecule is c1ccc(-c2cccc(-c3nc(-c4cc(-c5ccnc6ccccc56)cc(-c5ccnc6ccccc56)c4)nc(-c4cccc(-c5ccccc5)n4)n3)n2)cc1. The fraction of sp³-hybridized carbons (Fsp3) is 0. The second-order valence-corrected chi connectivity index (χ2v) is 13.4. The van der Waals surface area contributed by atoms with Crippen molar-refractivity contribution in [1.82, 2.24) is 34.9 Å². The van der Waals surface area contributed by atoms with Crippen molar-refractivity contribution in [2.75, 3.05) is 0 Å². The van der Waals surface area contributed by atoms with Gasteiger partial charge in [-0.3, -0.25) is 9.97 Å². The topological polar surface area (TPSA) is 90.2 Å². The molecule has 0 radical (unpaired) electrons. The Morgan fingerprint density at radius 1 is 0.268 bits per heavy atom. The lowest BCUT2D eigenvalue weighted by Gasteiger charge is -2.14. The number of fused-ring (bicyclic) bond motifs is 2. The number of para-hydroxylation sites is 2. The second kappa shape index (κ2) is 14.2. The predicted octanol–water partition coefficient (Wildman–Crippen LogP) is 11.4. The summed E-state index contributed by atoms with van der Waals surface area (Å²) in [6.07, 6.45) is 3.73. The summed E-state index contributed by atoms with van der Waals surface area (Å²) in [5, 5.41) is 2.11. The molecule has 0 amide bonds. The smallest absolute Gasteiger partial charge is 0.182 e. The van der Waals surface area contributed by atoms with E-state index in [2.05, 4.69) is 52.4 Å². The summed E-state index contributed by atoms with van der Waals surface area (Å²) >= 11 is 0. The van der Waals surface area contributed by atoms with E-state index < -0.39 is 0 Å². The molecule has 0 aliphatic carbocycles. The van der Waals surface area contributed by atoms with Gasteiger partial charge in [0.05, 0.1) is 22.4 Å². The van der Waals surface area contributed by atoms with Crippen molar-refractivity contribution >= 4 is 21.8 Å². The average molecular weight is 718 g/mol. The standard InChI is InChI=1S/C49H31N7/c1-3-13-32(14-4-1)41-21-11-23-45(52-41)48-54-47(55-49(56-48)46-24-12-22-42(53-46)33-15-5-2-6-16-33)36-30-34(37-25-27-50-43-19-9-7-17-39(37)43)29-35(31-36)38-26-28-51-44-20-10-8-18-40(38)44/h1-31H. The van der Waals surface area contributed by atoms with Crippen LogP contribution in [0.1, 0.15) is 0 Å². The van der Waals surface area contributed by atoms with E-state index in [0.29, 0.717) is 28.9 Å². The van der Waals surface area contributed by atoms with Gasteiger partial charge >= 0.3 is 0 Å². The molecule has 0 saturated heterocycles. The molecule has 0 atom stereocenters. The van der Waals surface area contributed by atoms with Crippen LogP contribution in [0.4, 0.5) is 0 Å². The Kier molecular flexibility index (Phi) is 8.35. The Morgan fingerprint density at radius 3 is 1.18 bits per heavy atom. The number of benzene rings is 5. The van der Waals surface area contributed by atoms with E-state index in [0.717, 1.165) is 72.1 Å². The first kappa shape index (κ1) is 32.8. The first-order valence-corrected chi connectivity index (χ1v) is 18.4. The molecule has 0 bridgehead atoms. The fourth-order valence-electron chi connectivity index (χ4n) is 7.15. The second-order valence-electron chi connectivity index (χ2n) is 13.4. The van der Waals surface area contributed by atoms with Crippen LogP contribution in [-0.2, 0) is 0 Å². The van der Waals surface area contributed by atoms with E-state index in [1.807, 2.05) is 146 Å². The maximum absolute atomic E-state index is 5.17. The summed E-state index contributed by atoms with van der Waals surface area (Å²) in [4.78, 5) is 34.8. The molecule has 0 saturated carbocycles. The van der Waals surface area contributed by atoms with E-state index >= 15 is 0 Å². The van der Waals surface area contributed by atoms with Crippen LogP contribution in [0, 0.1) is 0 Å². The molecule has 0 fully saturated rings. The minimum absolute atomic E-state index is 0.449. The van der Waals surface area contributed by atoms with E-state index in [-0.39, 0.29) is 0 Å². The molecule has 0 unspecified atom stereocenters. The highest BCUT2D eigenvalue weighted by atomic mass is 15.1. The molecule has 0 N–H and O–H groups in total. The largest absolute Gasteiger partial charge is 0.256 e. The van der Waals surface area contributed by atoms with Crippen molar-refractivity contribution in [1.29, 1.82) is 0 Å². The molecule has 0 aliphatic rings. The molecule has 7 heteroatoms. The van der Waals surface area contributed by atoms with Crippen LogP contribution < -0.4 is 0 Å². The molecule has 5 aromatic heterocycles. The van der Waals surface area contributed by atoms with Crippen LogP contribution in [0.5, 0.6) is 0 Å². The Labute approximate surface area is 323 Å². The minimum atomic E-state index is 0.449. The summed E-state index contributed by atoms with van der Waals surface area (Å²) in [7, 11) is 0. The Hall–Kier alpha value is -7.77. The lowest BCUT2D eigenvalue weighted by Crippen LogP contribution is -2.03. The lowest BCUT2D eigenvalue weighted by atomic mass is 9.93. The highest BCUT2D eigenvalue weighted by Crippen LogP contribution is 2.37. The van der Waals surface area contributed by atoms with Gasteiger partial charge in [-0.05, 0) is 89.0 Å². The summed E-state index contributed by atoms with van der Waals surface area (Å²) in [5.41, 5.74) is 11.7. The van der Waals surface area contributed by atoms with Crippen LogP contribution in [0.2, 0.25) is 0 Å². The third-order valence-corrected chi connectivity index (χ3v) is 9.84. The van der Waals surface area contributed by atoms with Gasteiger partial charge in [-0.2, -0.15) is 0 Å². The van der Waals surface area contributed by atoms with E-state index in [1.54, 1.807) is 0 Å². The maximum Gasteiger partial charge on any atom is 0.182 e. The Bertz CT molecular complexity index is 2830. The molecule has 262 valence electrons. The zero-order chi connectivity index (χ0) is 37.3. The first-order valence-electron chi connectivity index (χ1n) is 18.4. The van der Waals surface area contributed by atoms with Gasteiger partial charge in [0.2, 0.25) is 0 Å². The molecule has 10 rings (SSSR count). The van der Waals surface area contributed by atoms with Crippen LogP contribution in [0.25, 0.3) is 101 Å². The van der Waals surface area contributed by atoms with Crippen molar-refractivity contribution in [2.45, 2.75) is 0 Å². The summed E-state index contributed by atoms with van der Waals surface area (Å²) in [5.74, 6) is 1.40. The van der Waals surface area contributed by atoms with Gasteiger partial charge < -0.3 is 0 Å². The number of hydrogen-bond donors (Lipinski definition) is 0. The fourth-order valence-corrected chi connectivity index (χ4v) is 7.15. The van der Waals surface area contributed by atoms with E-state index in [1.165, 1.54) is 0 Å². The number of hydrogen-bond acceptors (Lipinski definition) is 7. The first-order chi connectivity index (χ1) is 27.7. The average Bonchev–Trinajstić information content (AvgIpc) is 3.29. The highest BCUT2D eigenvalue weighted by molar-refractivity contribution is 5.99. The van der Waals surface area contributed by atoms with Gasteiger partial charge in [0.15, 0.2) is 17.5 Å². The third kappa shape index (κ3) is 6.33. The molecule has 0 spiro atoms. The summed E-state index contributed by atoms with van der Waals surface area (Å²) in [6.45, 7) is 0. The molecule has 5 heterocycles. The molecule has 5 aromatic carbocycles. The van der Waals surface area contributed by atoms with Gasteiger partial charge in [-0.1, -0.05) is 109 Å². The van der Waals surface area contributed by atoms with Crippen LogP contribution in [0.3, 0.4) is 0 Å². The maximum atomic E-state index is 5.17.